The van der Waals surface area contributed by atoms with E-state index in [1.165, 1.54) is 5.56 Å². The van der Waals surface area contributed by atoms with Crippen LogP contribution in [-0.2, 0) is 0 Å². The van der Waals surface area contributed by atoms with Crippen molar-refractivity contribution in [2.24, 2.45) is 11.7 Å². The fraction of sp³-hybridized carbons (Fsp3) is 0.611. The zero-order chi connectivity index (χ0) is 16.6. The minimum atomic E-state index is 0.119. The molecule has 2 unspecified atom stereocenters. The summed E-state index contributed by atoms with van der Waals surface area (Å²) in [6, 6.07) is 9.32. The van der Waals surface area contributed by atoms with E-state index in [0.29, 0.717) is 12.0 Å². The number of hydrogen-bond donors (Lipinski definition) is 1. The quantitative estimate of drug-likeness (QED) is 0.927. The molecule has 1 aromatic carbocycles. The SMILES string of the molecule is CC(C)N1CCN(c2ccc(C3CC(CN)CN3C)cc2)C1=O. The van der Waals surface area contributed by atoms with Crippen LogP contribution in [0.4, 0.5) is 10.5 Å². The average molecular weight is 316 g/mol. The van der Waals surface area contributed by atoms with E-state index in [2.05, 4.69) is 50.1 Å². The van der Waals surface area contributed by atoms with Gasteiger partial charge in [0.1, 0.15) is 0 Å². The summed E-state index contributed by atoms with van der Waals surface area (Å²) in [6.07, 6.45) is 1.12. The molecule has 23 heavy (non-hydrogen) atoms. The van der Waals surface area contributed by atoms with Crippen LogP contribution in [0.2, 0.25) is 0 Å². The first kappa shape index (κ1) is 16.3. The van der Waals surface area contributed by atoms with Crippen LogP contribution in [0.3, 0.4) is 0 Å². The number of likely N-dealkylation sites (tertiary alicyclic amines) is 1. The van der Waals surface area contributed by atoms with Crippen molar-refractivity contribution in [2.75, 3.05) is 38.1 Å². The van der Waals surface area contributed by atoms with E-state index in [1.54, 1.807) is 0 Å². The van der Waals surface area contributed by atoms with Gasteiger partial charge in [0.25, 0.3) is 0 Å². The fourth-order valence-corrected chi connectivity index (χ4v) is 3.82. The molecule has 1 aromatic rings. The van der Waals surface area contributed by atoms with E-state index < -0.39 is 0 Å². The third kappa shape index (κ3) is 3.08. The van der Waals surface area contributed by atoms with Crippen LogP contribution in [0, 0.1) is 5.92 Å². The zero-order valence-corrected chi connectivity index (χ0v) is 14.4. The van der Waals surface area contributed by atoms with Crippen LogP contribution in [0.15, 0.2) is 24.3 Å². The third-order valence-electron chi connectivity index (χ3n) is 5.22. The Hall–Kier alpha value is -1.59. The topological polar surface area (TPSA) is 52.8 Å². The fourth-order valence-electron chi connectivity index (χ4n) is 3.82. The van der Waals surface area contributed by atoms with Crippen LogP contribution >= 0.6 is 0 Å². The van der Waals surface area contributed by atoms with Gasteiger partial charge in [-0.1, -0.05) is 12.1 Å². The van der Waals surface area contributed by atoms with Crippen LogP contribution in [-0.4, -0.2) is 55.1 Å². The number of carbonyl (C=O) groups is 1. The Morgan fingerprint density at radius 1 is 1.22 bits per heavy atom. The van der Waals surface area contributed by atoms with Gasteiger partial charge < -0.3 is 10.6 Å². The van der Waals surface area contributed by atoms with Gasteiger partial charge in [-0.05, 0) is 57.5 Å². The molecule has 0 radical (unpaired) electrons. The second-order valence-corrected chi connectivity index (χ2v) is 7.11. The number of benzene rings is 1. The molecule has 2 N–H and O–H groups in total. The molecule has 2 fully saturated rings. The number of hydrogen-bond acceptors (Lipinski definition) is 3. The van der Waals surface area contributed by atoms with Gasteiger partial charge in [-0.3, -0.25) is 9.80 Å². The van der Waals surface area contributed by atoms with Gasteiger partial charge >= 0.3 is 6.03 Å². The summed E-state index contributed by atoms with van der Waals surface area (Å²) >= 11 is 0. The lowest BCUT2D eigenvalue weighted by molar-refractivity contribution is 0.209. The van der Waals surface area contributed by atoms with E-state index >= 15 is 0 Å². The molecule has 0 saturated carbocycles. The molecule has 2 atom stereocenters. The van der Waals surface area contributed by atoms with Crippen molar-refractivity contribution < 1.29 is 4.79 Å². The molecule has 0 aromatic heterocycles. The standard InChI is InChI=1S/C18H28N4O/c1-13(2)21-8-9-22(18(21)23)16-6-4-15(5-7-16)17-10-14(11-19)12-20(17)3/h4-7,13-14,17H,8-12,19H2,1-3H3. The molecule has 5 nitrogen and oxygen atoms in total. The molecule has 2 aliphatic rings. The molecule has 0 bridgehead atoms. The number of amides is 2. The summed E-state index contributed by atoms with van der Waals surface area (Å²) in [5.74, 6) is 0.587. The monoisotopic (exact) mass is 316 g/mol. The van der Waals surface area contributed by atoms with Gasteiger partial charge in [-0.25, -0.2) is 4.79 Å². The Balaban J connectivity index is 1.72. The Labute approximate surface area is 139 Å². The van der Waals surface area contributed by atoms with Crippen LogP contribution in [0.5, 0.6) is 0 Å². The van der Waals surface area contributed by atoms with Gasteiger partial charge in [0.05, 0.1) is 0 Å². The molecular weight excluding hydrogens is 288 g/mol. The smallest absolute Gasteiger partial charge is 0.324 e. The number of nitrogens with zero attached hydrogens (tertiary/aromatic N) is 3. The summed E-state index contributed by atoms with van der Waals surface area (Å²) in [5.41, 5.74) is 8.14. The van der Waals surface area contributed by atoms with Crippen LogP contribution in [0.1, 0.15) is 31.9 Å². The molecule has 126 valence electrons. The van der Waals surface area contributed by atoms with Crippen LogP contribution in [0.25, 0.3) is 0 Å². The lowest BCUT2D eigenvalue weighted by Crippen LogP contribution is -2.36. The maximum atomic E-state index is 12.5. The average Bonchev–Trinajstić information content (AvgIpc) is 3.10. The van der Waals surface area contributed by atoms with E-state index in [9.17, 15) is 4.79 Å². The molecular formula is C18H28N4O. The van der Waals surface area contributed by atoms with Crippen molar-refractivity contribution in [2.45, 2.75) is 32.4 Å². The predicted octanol–water partition coefficient (Wildman–Crippen LogP) is 2.29. The van der Waals surface area contributed by atoms with Crippen molar-refractivity contribution in [3.63, 3.8) is 0 Å². The normalized spacial score (nSPS) is 25.9. The zero-order valence-electron chi connectivity index (χ0n) is 14.4. The van der Waals surface area contributed by atoms with Gasteiger partial charge in [0.15, 0.2) is 0 Å². The molecule has 0 aliphatic carbocycles. The molecule has 5 heteroatoms. The van der Waals surface area contributed by atoms with Crippen molar-refractivity contribution >= 4 is 11.7 Å². The van der Waals surface area contributed by atoms with E-state index in [-0.39, 0.29) is 12.1 Å². The number of anilines is 1. The van der Waals surface area contributed by atoms with Crippen molar-refractivity contribution in [3.05, 3.63) is 29.8 Å². The molecule has 2 aliphatic heterocycles. The maximum absolute atomic E-state index is 12.5. The molecule has 2 saturated heterocycles. The largest absolute Gasteiger partial charge is 0.330 e. The first-order chi connectivity index (χ1) is 11.0. The first-order valence-corrected chi connectivity index (χ1v) is 8.59. The summed E-state index contributed by atoms with van der Waals surface area (Å²) in [7, 11) is 2.17. The summed E-state index contributed by atoms with van der Waals surface area (Å²) in [4.78, 5) is 18.6. The van der Waals surface area contributed by atoms with Gasteiger partial charge in [0.2, 0.25) is 0 Å². The van der Waals surface area contributed by atoms with Gasteiger partial charge in [-0.2, -0.15) is 0 Å². The number of rotatable bonds is 4. The first-order valence-electron chi connectivity index (χ1n) is 8.59. The van der Waals surface area contributed by atoms with E-state index in [4.69, 9.17) is 5.73 Å². The van der Waals surface area contributed by atoms with Crippen molar-refractivity contribution in [3.8, 4) is 0 Å². The highest BCUT2D eigenvalue weighted by atomic mass is 16.2. The number of nitrogens with two attached hydrogens (primary N) is 1. The molecule has 0 spiro atoms. The number of urea groups is 1. The highest BCUT2D eigenvalue weighted by Gasteiger charge is 2.32. The molecule has 2 heterocycles. The minimum absolute atomic E-state index is 0.119. The summed E-state index contributed by atoms with van der Waals surface area (Å²) in [6.45, 7) is 7.53. The second kappa shape index (κ2) is 6.49. The Bertz CT molecular complexity index is 557. The Kier molecular flexibility index (Phi) is 4.60. The predicted molar refractivity (Wildman–Crippen MR) is 93.6 cm³/mol. The van der Waals surface area contributed by atoms with Gasteiger partial charge in [-0.15, -0.1) is 0 Å². The molecule has 3 rings (SSSR count). The van der Waals surface area contributed by atoms with Crippen LogP contribution < -0.4 is 10.6 Å². The van der Waals surface area contributed by atoms with Gasteiger partial charge in [0, 0.05) is 37.4 Å². The lowest BCUT2D eigenvalue weighted by atomic mass is 9.99. The lowest BCUT2D eigenvalue weighted by Gasteiger charge is -2.23. The maximum Gasteiger partial charge on any atom is 0.324 e. The summed E-state index contributed by atoms with van der Waals surface area (Å²) < 4.78 is 0. The Morgan fingerprint density at radius 2 is 1.91 bits per heavy atom. The highest BCUT2D eigenvalue weighted by molar-refractivity contribution is 5.94. The minimum Gasteiger partial charge on any atom is -0.330 e. The van der Waals surface area contributed by atoms with Crippen molar-refractivity contribution in [1.29, 1.82) is 0 Å². The number of carbonyl (C=O) groups excluding carboxylic acids is 1. The van der Waals surface area contributed by atoms with E-state index in [1.807, 2.05) is 9.80 Å². The molecule has 2 amide bonds. The highest BCUT2D eigenvalue weighted by Crippen LogP contribution is 2.34. The Morgan fingerprint density at radius 3 is 2.43 bits per heavy atom. The van der Waals surface area contributed by atoms with Crippen molar-refractivity contribution in [1.82, 2.24) is 9.80 Å². The second-order valence-electron chi connectivity index (χ2n) is 7.11. The van der Waals surface area contributed by atoms with E-state index in [0.717, 1.165) is 38.3 Å². The third-order valence-corrected chi connectivity index (χ3v) is 5.22. The summed E-state index contributed by atoms with van der Waals surface area (Å²) in [5, 5.41) is 0.